The highest BCUT2D eigenvalue weighted by molar-refractivity contribution is 6.15. The van der Waals surface area contributed by atoms with Crippen molar-refractivity contribution in [1.82, 2.24) is 15.0 Å². The van der Waals surface area contributed by atoms with Crippen LogP contribution in [-0.4, -0.2) is 15.0 Å². The first-order chi connectivity index (χ1) is 26.2. The lowest BCUT2D eigenvalue weighted by atomic mass is 9.75. The van der Waals surface area contributed by atoms with Gasteiger partial charge in [0.15, 0.2) is 11.6 Å². The molecule has 0 N–H and O–H groups in total. The minimum Gasteiger partial charge on any atom is -0.456 e. The molecule has 250 valence electrons. The van der Waals surface area contributed by atoms with E-state index in [4.69, 9.17) is 19.4 Å². The number of nitrogens with zero attached hydrogens (tertiary/aromatic N) is 3. The Morgan fingerprint density at radius 3 is 2.11 bits per heavy atom. The van der Waals surface area contributed by atoms with E-state index in [9.17, 15) is 0 Å². The van der Waals surface area contributed by atoms with Crippen LogP contribution in [0, 0.1) is 5.92 Å². The number of furan rings is 1. The number of benzene rings is 7. The molecule has 4 nitrogen and oxygen atoms in total. The average molecular weight is 680 g/mol. The van der Waals surface area contributed by atoms with Gasteiger partial charge in [0.25, 0.3) is 0 Å². The second kappa shape index (κ2) is 12.0. The molecule has 9 aromatic rings. The number of hydrogen-bond acceptors (Lipinski definition) is 4. The second-order valence-electron chi connectivity index (χ2n) is 14.2. The Labute approximate surface area is 306 Å². The van der Waals surface area contributed by atoms with Crippen LogP contribution in [0.2, 0.25) is 0 Å². The molecule has 2 aromatic heterocycles. The molecule has 2 atom stereocenters. The van der Waals surface area contributed by atoms with Crippen LogP contribution < -0.4 is 10.4 Å². The molecule has 11 rings (SSSR count). The molecule has 0 aliphatic heterocycles. The first-order valence-electron chi connectivity index (χ1n) is 18.4. The van der Waals surface area contributed by atoms with Gasteiger partial charge in [-0.2, -0.15) is 0 Å². The zero-order chi connectivity index (χ0) is 34.9. The molecule has 0 amide bonds. The van der Waals surface area contributed by atoms with Gasteiger partial charge in [0, 0.05) is 27.8 Å². The molecule has 2 aliphatic carbocycles. The van der Waals surface area contributed by atoms with E-state index in [-0.39, 0.29) is 11.8 Å². The van der Waals surface area contributed by atoms with E-state index < -0.39 is 0 Å². The summed E-state index contributed by atoms with van der Waals surface area (Å²) in [6, 6.07) is 51.5. The summed E-state index contributed by atoms with van der Waals surface area (Å²) in [7, 11) is 0. The number of hydrogen-bond donors (Lipinski definition) is 0. The highest BCUT2D eigenvalue weighted by atomic mass is 16.3. The van der Waals surface area contributed by atoms with E-state index in [0.29, 0.717) is 11.6 Å². The smallest absolute Gasteiger partial charge is 0.165 e. The van der Waals surface area contributed by atoms with Crippen molar-refractivity contribution in [3.05, 3.63) is 174 Å². The first-order valence-corrected chi connectivity index (χ1v) is 18.4. The van der Waals surface area contributed by atoms with Crippen molar-refractivity contribution >= 4 is 55.1 Å². The predicted molar refractivity (Wildman–Crippen MR) is 217 cm³/mol. The summed E-state index contributed by atoms with van der Waals surface area (Å²) in [5.41, 5.74) is 7.10. The molecule has 4 heteroatoms. The predicted octanol–water partition coefficient (Wildman–Crippen LogP) is 10.8. The molecule has 0 fully saturated rings. The average Bonchev–Trinajstić information content (AvgIpc) is 3.61. The van der Waals surface area contributed by atoms with Crippen LogP contribution in [0.3, 0.4) is 0 Å². The van der Waals surface area contributed by atoms with Gasteiger partial charge in [-0.05, 0) is 97.8 Å². The molecule has 1 unspecified atom stereocenters. The normalized spacial score (nSPS) is 16.6. The van der Waals surface area contributed by atoms with Crippen molar-refractivity contribution in [2.45, 2.75) is 18.8 Å². The third kappa shape index (κ3) is 4.94. The Balaban J connectivity index is 1.22. The summed E-state index contributed by atoms with van der Waals surface area (Å²) < 4.78 is 6.51. The topological polar surface area (TPSA) is 51.8 Å². The van der Waals surface area contributed by atoms with Crippen molar-refractivity contribution in [2.24, 2.45) is 5.92 Å². The molecule has 0 spiro atoms. The van der Waals surface area contributed by atoms with Crippen LogP contribution in [0.1, 0.15) is 24.6 Å². The molecule has 0 saturated carbocycles. The lowest BCUT2D eigenvalue weighted by molar-refractivity contribution is 0.540. The molecule has 2 aliphatic rings. The molecule has 0 radical (unpaired) electrons. The quantitative estimate of drug-likeness (QED) is 0.186. The van der Waals surface area contributed by atoms with Gasteiger partial charge >= 0.3 is 0 Å². The van der Waals surface area contributed by atoms with Gasteiger partial charge in [-0.25, -0.2) is 15.0 Å². The Morgan fingerprint density at radius 2 is 1.26 bits per heavy atom. The fraction of sp³-hybridized carbons (Fsp3) is 0.0816. The van der Waals surface area contributed by atoms with Crippen LogP contribution in [0.15, 0.2) is 162 Å². The van der Waals surface area contributed by atoms with Gasteiger partial charge in [0.1, 0.15) is 17.0 Å². The van der Waals surface area contributed by atoms with Gasteiger partial charge in [0.2, 0.25) is 0 Å². The van der Waals surface area contributed by atoms with Crippen LogP contribution in [0.4, 0.5) is 0 Å². The van der Waals surface area contributed by atoms with E-state index in [1.807, 2.05) is 12.1 Å². The van der Waals surface area contributed by atoms with Crippen LogP contribution in [0.25, 0.3) is 89.0 Å². The standard InChI is InChI=1S/C49H33N3O/c1-3-13-32-27-35(23-21-30(32)11-1)38-25-26-44-45(41-19-9-10-20-43(41)53-44)46(38)49-51-47(36-24-22-31-12-2-4-14-33(31)28-36)50-48(52-49)42-29-34-15-5-6-16-37(34)39-17-7-8-18-40(39)42/h1-7,9-17,19-29,40,42H,8,18H2/t40?,42-/m0/s1. The summed E-state index contributed by atoms with van der Waals surface area (Å²) >= 11 is 0. The SMILES string of the molecule is C1=CC2=c3ccccc3=C[C@H](c3nc(-c4ccc5ccccc5c4)nc(-c4c(-c5ccc6ccccc6c5)ccc5oc6ccccc6c45)n3)C2CC1. The molecule has 2 heterocycles. The van der Waals surface area contributed by atoms with Crippen LogP contribution >= 0.6 is 0 Å². The van der Waals surface area contributed by atoms with Gasteiger partial charge < -0.3 is 4.42 Å². The number of aromatic nitrogens is 3. The largest absolute Gasteiger partial charge is 0.456 e. The van der Waals surface area contributed by atoms with Gasteiger partial charge in [-0.15, -0.1) is 0 Å². The Hall–Kier alpha value is -6.65. The maximum atomic E-state index is 6.51. The van der Waals surface area contributed by atoms with Crippen molar-refractivity contribution in [3.63, 3.8) is 0 Å². The zero-order valence-corrected chi connectivity index (χ0v) is 28.9. The third-order valence-electron chi connectivity index (χ3n) is 11.2. The van der Waals surface area contributed by atoms with Crippen LogP contribution in [-0.2, 0) is 0 Å². The third-order valence-corrected chi connectivity index (χ3v) is 11.2. The second-order valence-corrected chi connectivity index (χ2v) is 14.2. The number of allylic oxidation sites excluding steroid dienone is 2. The van der Waals surface area contributed by atoms with Crippen molar-refractivity contribution in [2.75, 3.05) is 0 Å². The minimum absolute atomic E-state index is 0.0183. The Morgan fingerprint density at radius 1 is 0.566 bits per heavy atom. The fourth-order valence-electron chi connectivity index (χ4n) is 8.65. The van der Waals surface area contributed by atoms with Crippen LogP contribution in [0.5, 0.6) is 0 Å². The number of rotatable bonds is 4. The maximum Gasteiger partial charge on any atom is 0.165 e. The lowest BCUT2D eigenvalue weighted by Gasteiger charge is -2.30. The Bertz CT molecular complexity index is 3100. The van der Waals surface area contributed by atoms with Crippen molar-refractivity contribution in [3.8, 4) is 33.9 Å². The molecule has 53 heavy (non-hydrogen) atoms. The van der Waals surface area contributed by atoms with E-state index in [0.717, 1.165) is 68.2 Å². The molecular weight excluding hydrogens is 647 g/mol. The molecule has 0 bridgehead atoms. The van der Waals surface area contributed by atoms with Crippen molar-refractivity contribution < 1.29 is 4.42 Å². The summed E-state index contributed by atoms with van der Waals surface area (Å²) in [6.45, 7) is 0. The lowest BCUT2D eigenvalue weighted by Crippen LogP contribution is -2.36. The van der Waals surface area contributed by atoms with E-state index >= 15 is 0 Å². The van der Waals surface area contributed by atoms with Gasteiger partial charge in [-0.3, -0.25) is 0 Å². The summed E-state index contributed by atoms with van der Waals surface area (Å²) in [5.74, 6) is 2.36. The summed E-state index contributed by atoms with van der Waals surface area (Å²) in [4.78, 5) is 16.3. The number of fused-ring (bicyclic) bond motifs is 7. The fourth-order valence-corrected chi connectivity index (χ4v) is 8.65. The first kappa shape index (κ1) is 30.0. The summed E-state index contributed by atoms with van der Waals surface area (Å²) in [6.07, 6.45) is 9.10. The van der Waals surface area contributed by atoms with E-state index in [1.54, 1.807) is 0 Å². The van der Waals surface area contributed by atoms with E-state index in [1.165, 1.54) is 32.2 Å². The zero-order valence-electron chi connectivity index (χ0n) is 28.9. The van der Waals surface area contributed by atoms with E-state index in [2.05, 4.69) is 152 Å². The maximum absolute atomic E-state index is 6.51. The number of para-hydroxylation sites is 1. The van der Waals surface area contributed by atoms with Gasteiger partial charge in [0.05, 0.1) is 0 Å². The molecule has 7 aromatic carbocycles. The highest BCUT2D eigenvalue weighted by Gasteiger charge is 2.32. The monoisotopic (exact) mass is 679 g/mol. The van der Waals surface area contributed by atoms with Gasteiger partial charge in [-0.1, -0.05) is 133 Å². The molecule has 0 saturated heterocycles. The summed E-state index contributed by atoms with van der Waals surface area (Å²) in [5, 5.41) is 9.31. The minimum atomic E-state index is -0.0183. The molecular formula is C49H33N3O. The van der Waals surface area contributed by atoms with Crippen molar-refractivity contribution in [1.29, 1.82) is 0 Å². The Kier molecular flexibility index (Phi) is 6.78. The highest BCUT2D eigenvalue weighted by Crippen LogP contribution is 2.44.